The van der Waals surface area contributed by atoms with Gasteiger partial charge in [0.2, 0.25) is 0 Å². The van der Waals surface area contributed by atoms with Crippen LogP contribution in [0.1, 0.15) is 22.3 Å². The van der Waals surface area contributed by atoms with Crippen molar-refractivity contribution in [2.45, 2.75) is 23.0 Å². The number of hydrogen-bond donors (Lipinski definition) is 1. The van der Waals surface area contributed by atoms with Gasteiger partial charge in [0, 0.05) is 12.7 Å². The van der Waals surface area contributed by atoms with Gasteiger partial charge >= 0.3 is 0 Å². The third-order valence-corrected chi connectivity index (χ3v) is 5.77. The molecule has 26 heavy (non-hydrogen) atoms. The number of alkyl halides is 2. The molecule has 2 rings (SSSR count). The van der Waals surface area contributed by atoms with Gasteiger partial charge in [-0.25, -0.2) is 13.4 Å². The molecule has 9 heteroatoms. The van der Waals surface area contributed by atoms with E-state index in [1.807, 2.05) is 6.07 Å². The van der Waals surface area contributed by atoms with Crippen LogP contribution in [-0.4, -0.2) is 37.4 Å². The van der Waals surface area contributed by atoms with Gasteiger partial charge in [-0.1, -0.05) is 30.3 Å². The number of aromatic nitrogens is 1. The summed E-state index contributed by atoms with van der Waals surface area (Å²) in [7, 11) is -3.29. The van der Waals surface area contributed by atoms with E-state index in [2.05, 4.69) is 10.3 Å². The molecule has 1 heterocycles. The summed E-state index contributed by atoms with van der Waals surface area (Å²) < 4.78 is 49.2. The lowest BCUT2D eigenvalue weighted by molar-refractivity contribution is 0.0950. The lowest BCUT2D eigenvalue weighted by Crippen LogP contribution is -2.27. The van der Waals surface area contributed by atoms with Crippen molar-refractivity contribution in [1.82, 2.24) is 10.3 Å². The van der Waals surface area contributed by atoms with E-state index in [9.17, 15) is 22.0 Å². The molecule has 0 bridgehead atoms. The first kappa shape index (κ1) is 20.3. The van der Waals surface area contributed by atoms with Crippen LogP contribution in [0.4, 0.5) is 8.78 Å². The van der Waals surface area contributed by atoms with Gasteiger partial charge in [0.05, 0.1) is 17.1 Å². The molecule has 0 aliphatic carbocycles. The van der Waals surface area contributed by atoms with E-state index in [4.69, 9.17) is 0 Å². The Morgan fingerprint density at radius 1 is 1.15 bits per heavy atom. The monoisotopic (exact) mass is 400 g/mol. The maximum atomic E-state index is 12.5. The van der Waals surface area contributed by atoms with Crippen molar-refractivity contribution in [2.75, 3.05) is 12.3 Å². The number of pyridine rings is 1. The molecule has 1 aromatic heterocycles. The van der Waals surface area contributed by atoms with Crippen LogP contribution in [0.3, 0.4) is 0 Å². The Kier molecular flexibility index (Phi) is 7.52. The van der Waals surface area contributed by atoms with Crippen molar-refractivity contribution in [2.24, 2.45) is 0 Å². The number of benzene rings is 1. The second-order valence-corrected chi connectivity index (χ2v) is 8.58. The highest BCUT2D eigenvalue weighted by Crippen LogP contribution is 2.26. The Balaban J connectivity index is 1.83. The topological polar surface area (TPSA) is 76.1 Å². The van der Waals surface area contributed by atoms with Gasteiger partial charge in [0.15, 0.2) is 9.84 Å². The van der Waals surface area contributed by atoms with Crippen molar-refractivity contribution < 1.29 is 22.0 Å². The molecule has 0 fully saturated rings. The van der Waals surface area contributed by atoms with E-state index in [1.54, 1.807) is 24.3 Å². The quantitative estimate of drug-likeness (QED) is 0.517. The fraction of sp³-hybridized carbons (Fsp3) is 0.294. The van der Waals surface area contributed by atoms with Crippen molar-refractivity contribution >= 4 is 27.5 Å². The van der Waals surface area contributed by atoms with Gasteiger partial charge in [0.1, 0.15) is 5.03 Å². The van der Waals surface area contributed by atoms with Crippen LogP contribution < -0.4 is 5.32 Å². The zero-order chi connectivity index (χ0) is 19.0. The lowest BCUT2D eigenvalue weighted by Gasteiger charge is -2.09. The molecular formula is C17H18F2N2O3S2. The number of hydrogen-bond acceptors (Lipinski definition) is 5. The highest BCUT2D eigenvalue weighted by molar-refractivity contribution is 7.99. The predicted octanol–water partition coefficient (Wildman–Crippen LogP) is 3.13. The molecule has 0 spiro atoms. The van der Waals surface area contributed by atoms with E-state index in [0.29, 0.717) is 5.56 Å². The van der Waals surface area contributed by atoms with Crippen LogP contribution in [0, 0.1) is 0 Å². The van der Waals surface area contributed by atoms with Crippen LogP contribution >= 0.6 is 11.8 Å². The fourth-order valence-electron chi connectivity index (χ4n) is 2.23. The fourth-order valence-corrected chi connectivity index (χ4v) is 4.24. The van der Waals surface area contributed by atoms with Crippen LogP contribution in [0.25, 0.3) is 0 Å². The normalized spacial score (nSPS) is 11.5. The van der Waals surface area contributed by atoms with Gasteiger partial charge in [-0.3, -0.25) is 4.79 Å². The maximum absolute atomic E-state index is 12.5. The Morgan fingerprint density at radius 2 is 1.88 bits per heavy atom. The Labute approximate surface area is 155 Å². The first-order valence-corrected chi connectivity index (χ1v) is 10.5. The Hall–Kier alpha value is -2.00. The molecular weight excluding hydrogens is 382 g/mol. The van der Waals surface area contributed by atoms with Crippen LogP contribution in [0.2, 0.25) is 0 Å². The van der Waals surface area contributed by atoms with Crippen LogP contribution in [0.15, 0.2) is 53.7 Å². The SMILES string of the molecule is O=C(NCCCS(=O)(=O)Cc1ccccc1)c1cccnc1SC(F)F. The molecule has 2 aromatic rings. The van der Waals surface area contributed by atoms with E-state index in [1.165, 1.54) is 18.3 Å². The minimum atomic E-state index is -3.29. The standard InChI is InChI=1S/C17H18F2N2O3S2/c18-17(19)25-16-14(8-4-9-21-16)15(22)20-10-5-11-26(23,24)12-13-6-2-1-3-7-13/h1-4,6-9,17H,5,10-12H2,(H,20,22). The summed E-state index contributed by atoms with van der Waals surface area (Å²) in [6.45, 7) is 0.126. The number of carbonyl (C=O) groups is 1. The van der Waals surface area contributed by atoms with Crippen LogP contribution in [0.5, 0.6) is 0 Å². The summed E-state index contributed by atoms with van der Waals surface area (Å²) >= 11 is 0.197. The van der Waals surface area contributed by atoms with Gasteiger partial charge < -0.3 is 5.32 Å². The molecule has 0 unspecified atom stereocenters. The second kappa shape index (κ2) is 9.63. The third-order valence-electron chi connectivity index (χ3n) is 3.36. The van der Waals surface area contributed by atoms with Crippen molar-refractivity contribution in [3.63, 3.8) is 0 Å². The minimum absolute atomic E-state index is 0.0462. The average Bonchev–Trinajstić information content (AvgIpc) is 2.59. The number of halogens is 2. The van der Waals surface area contributed by atoms with Crippen LogP contribution in [-0.2, 0) is 15.6 Å². The molecule has 0 aliphatic rings. The highest BCUT2D eigenvalue weighted by Gasteiger charge is 2.17. The molecule has 0 radical (unpaired) electrons. The van der Waals surface area contributed by atoms with Gasteiger partial charge in [0.25, 0.3) is 11.7 Å². The lowest BCUT2D eigenvalue weighted by atomic mass is 10.2. The average molecular weight is 400 g/mol. The Morgan fingerprint density at radius 3 is 2.58 bits per heavy atom. The van der Waals surface area contributed by atoms with Crippen molar-refractivity contribution in [1.29, 1.82) is 0 Å². The summed E-state index contributed by atoms with van der Waals surface area (Å²) in [6.07, 6.45) is 1.57. The van der Waals surface area contributed by atoms with E-state index < -0.39 is 21.5 Å². The second-order valence-electron chi connectivity index (χ2n) is 5.42. The number of nitrogens with one attached hydrogen (secondary N) is 1. The number of sulfone groups is 1. The molecule has 1 N–H and O–H groups in total. The highest BCUT2D eigenvalue weighted by atomic mass is 32.2. The van der Waals surface area contributed by atoms with E-state index in [-0.39, 0.29) is 46.8 Å². The zero-order valence-electron chi connectivity index (χ0n) is 13.8. The minimum Gasteiger partial charge on any atom is -0.352 e. The number of carbonyl (C=O) groups excluding carboxylic acids is 1. The third kappa shape index (κ3) is 6.72. The summed E-state index contributed by atoms with van der Waals surface area (Å²) in [6, 6.07) is 11.7. The summed E-state index contributed by atoms with van der Waals surface area (Å²) in [5.41, 5.74) is 0.755. The van der Waals surface area contributed by atoms with Gasteiger partial charge in [-0.05, 0) is 35.9 Å². The molecule has 0 aliphatic heterocycles. The van der Waals surface area contributed by atoms with Gasteiger partial charge in [-0.15, -0.1) is 0 Å². The van der Waals surface area contributed by atoms with Crippen molar-refractivity contribution in [3.8, 4) is 0 Å². The molecule has 0 saturated carbocycles. The maximum Gasteiger partial charge on any atom is 0.290 e. The van der Waals surface area contributed by atoms with E-state index in [0.717, 1.165) is 0 Å². The summed E-state index contributed by atoms with van der Waals surface area (Å²) in [5, 5.41) is 2.49. The summed E-state index contributed by atoms with van der Waals surface area (Å²) in [4.78, 5) is 15.9. The predicted molar refractivity (Wildman–Crippen MR) is 97.0 cm³/mol. The van der Waals surface area contributed by atoms with Crippen molar-refractivity contribution in [3.05, 3.63) is 59.8 Å². The molecule has 1 amide bonds. The first-order chi connectivity index (χ1) is 12.4. The van der Waals surface area contributed by atoms with Gasteiger partial charge in [-0.2, -0.15) is 8.78 Å². The summed E-state index contributed by atoms with van der Waals surface area (Å²) in [5.74, 6) is -3.37. The zero-order valence-corrected chi connectivity index (χ0v) is 15.4. The molecule has 5 nitrogen and oxygen atoms in total. The molecule has 0 saturated heterocycles. The number of nitrogens with zero attached hydrogens (tertiary/aromatic N) is 1. The largest absolute Gasteiger partial charge is 0.352 e. The van der Waals surface area contributed by atoms with E-state index >= 15 is 0 Å². The smallest absolute Gasteiger partial charge is 0.290 e. The Bertz CT molecular complexity index is 831. The number of thioether (sulfide) groups is 1. The number of amides is 1. The molecule has 0 atom stereocenters. The first-order valence-electron chi connectivity index (χ1n) is 7.80. The molecule has 140 valence electrons. The molecule has 1 aromatic carbocycles. The number of rotatable bonds is 9.